The second kappa shape index (κ2) is 11.2. The van der Waals surface area contributed by atoms with Gasteiger partial charge in [-0.1, -0.05) is 60.1 Å². The standard InChI is InChI=1S/C27H19ClF3N3O4/c28-22-13-16(10-12-23(22)35)25(36)34-33-15-17-9-11-21(20-7-3-2-6-19(17)20)26(37)32-14-18-5-1-4-8-24(18)38-27(29,30)31/h1-13,15,35H,14H2,(H,32,37)(H,34,36). The van der Waals surface area contributed by atoms with E-state index in [9.17, 15) is 27.9 Å². The molecular formula is C27H19ClF3N3O4. The zero-order valence-electron chi connectivity index (χ0n) is 19.4. The Balaban J connectivity index is 1.50. The highest BCUT2D eigenvalue weighted by molar-refractivity contribution is 6.32. The summed E-state index contributed by atoms with van der Waals surface area (Å²) in [5.74, 6) is -1.59. The maximum Gasteiger partial charge on any atom is 0.573 e. The number of alkyl halides is 3. The Morgan fingerprint density at radius 1 is 0.947 bits per heavy atom. The van der Waals surface area contributed by atoms with E-state index in [1.807, 2.05) is 0 Å². The first-order chi connectivity index (χ1) is 18.1. The van der Waals surface area contributed by atoms with E-state index in [-0.39, 0.29) is 28.4 Å². The monoisotopic (exact) mass is 541 g/mol. The van der Waals surface area contributed by atoms with E-state index in [0.717, 1.165) is 0 Å². The van der Waals surface area contributed by atoms with Gasteiger partial charge in [0.25, 0.3) is 11.8 Å². The lowest BCUT2D eigenvalue weighted by Gasteiger charge is -2.14. The molecule has 3 N–H and O–H groups in total. The van der Waals surface area contributed by atoms with Gasteiger partial charge in [0.2, 0.25) is 0 Å². The lowest BCUT2D eigenvalue weighted by Crippen LogP contribution is -2.24. The van der Waals surface area contributed by atoms with Gasteiger partial charge >= 0.3 is 6.36 Å². The van der Waals surface area contributed by atoms with Gasteiger partial charge in [-0.25, -0.2) is 5.43 Å². The summed E-state index contributed by atoms with van der Waals surface area (Å²) in [6, 6.07) is 19.7. The molecule has 0 fully saturated rings. The van der Waals surface area contributed by atoms with Crippen LogP contribution in [0.4, 0.5) is 13.2 Å². The van der Waals surface area contributed by atoms with Crippen LogP contribution < -0.4 is 15.5 Å². The number of carbonyl (C=O) groups is 2. The summed E-state index contributed by atoms with van der Waals surface area (Å²) in [6.07, 6.45) is -3.45. The molecule has 0 saturated heterocycles. The van der Waals surface area contributed by atoms with E-state index in [1.54, 1.807) is 42.5 Å². The summed E-state index contributed by atoms with van der Waals surface area (Å²) in [4.78, 5) is 25.3. The van der Waals surface area contributed by atoms with Crippen molar-refractivity contribution < 1.29 is 32.6 Å². The van der Waals surface area contributed by atoms with Gasteiger partial charge in [0.1, 0.15) is 11.5 Å². The SMILES string of the molecule is O=C(NN=Cc1ccc(C(=O)NCc2ccccc2OC(F)(F)F)c2ccccc12)c1ccc(O)c(Cl)c1. The fourth-order valence-electron chi connectivity index (χ4n) is 3.65. The number of aromatic hydroxyl groups is 1. The van der Waals surface area contributed by atoms with Crippen molar-refractivity contribution in [3.05, 3.63) is 106 Å². The molecule has 0 aliphatic carbocycles. The average Bonchev–Trinajstić information content (AvgIpc) is 2.88. The Morgan fingerprint density at radius 3 is 2.39 bits per heavy atom. The van der Waals surface area contributed by atoms with E-state index in [4.69, 9.17) is 11.6 Å². The van der Waals surface area contributed by atoms with Crippen LogP contribution in [0.3, 0.4) is 0 Å². The quantitative estimate of drug-likeness (QED) is 0.204. The van der Waals surface area contributed by atoms with Crippen LogP contribution in [-0.4, -0.2) is 29.5 Å². The van der Waals surface area contributed by atoms with Crippen LogP contribution >= 0.6 is 11.6 Å². The van der Waals surface area contributed by atoms with Crippen molar-refractivity contribution in [3.63, 3.8) is 0 Å². The van der Waals surface area contributed by atoms with Crippen molar-refractivity contribution in [2.75, 3.05) is 0 Å². The van der Waals surface area contributed by atoms with Gasteiger partial charge in [0.05, 0.1) is 11.2 Å². The smallest absolute Gasteiger partial charge is 0.506 e. The van der Waals surface area contributed by atoms with Gasteiger partial charge in [0, 0.05) is 28.8 Å². The fraction of sp³-hybridized carbons (Fsp3) is 0.0741. The van der Waals surface area contributed by atoms with Gasteiger partial charge < -0.3 is 15.2 Å². The Kier molecular flexibility index (Phi) is 7.82. The first kappa shape index (κ1) is 26.5. The average molecular weight is 542 g/mol. The van der Waals surface area contributed by atoms with Crippen molar-refractivity contribution in [1.29, 1.82) is 0 Å². The summed E-state index contributed by atoms with van der Waals surface area (Å²) < 4.78 is 42.1. The second-order valence-electron chi connectivity index (χ2n) is 7.95. The molecule has 38 heavy (non-hydrogen) atoms. The van der Waals surface area contributed by atoms with E-state index < -0.39 is 23.9 Å². The zero-order chi connectivity index (χ0) is 27.3. The number of hydrazone groups is 1. The van der Waals surface area contributed by atoms with Crippen molar-refractivity contribution in [2.24, 2.45) is 5.10 Å². The number of benzene rings is 4. The molecule has 7 nitrogen and oxygen atoms in total. The molecule has 2 amide bonds. The molecule has 0 aromatic heterocycles. The minimum absolute atomic E-state index is 0.0258. The number of hydrogen-bond acceptors (Lipinski definition) is 5. The predicted molar refractivity (Wildman–Crippen MR) is 136 cm³/mol. The Morgan fingerprint density at radius 2 is 1.66 bits per heavy atom. The number of ether oxygens (including phenoxy) is 1. The van der Waals surface area contributed by atoms with Crippen LogP contribution in [0, 0.1) is 0 Å². The summed E-state index contributed by atoms with van der Waals surface area (Å²) in [5, 5.41) is 17.4. The third-order valence-corrected chi connectivity index (χ3v) is 5.72. The maximum atomic E-state index is 13.0. The first-order valence-electron chi connectivity index (χ1n) is 11.1. The van der Waals surface area contributed by atoms with Gasteiger partial charge in [-0.3, -0.25) is 9.59 Å². The molecule has 0 atom stereocenters. The van der Waals surface area contributed by atoms with Gasteiger partial charge in [-0.05, 0) is 41.1 Å². The van der Waals surface area contributed by atoms with Crippen LogP contribution in [0.2, 0.25) is 5.02 Å². The summed E-state index contributed by atoms with van der Waals surface area (Å²) in [7, 11) is 0. The Bertz CT molecular complexity index is 1540. The highest BCUT2D eigenvalue weighted by atomic mass is 35.5. The summed E-state index contributed by atoms with van der Waals surface area (Å²) >= 11 is 5.83. The lowest BCUT2D eigenvalue weighted by atomic mass is 9.99. The largest absolute Gasteiger partial charge is 0.573 e. The molecule has 0 aliphatic rings. The van der Waals surface area contributed by atoms with E-state index >= 15 is 0 Å². The number of phenols is 1. The number of nitrogens with one attached hydrogen (secondary N) is 2. The molecule has 11 heteroatoms. The van der Waals surface area contributed by atoms with E-state index in [1.165, 1.54) is 42.6 Å². The lowest BCUT2D eigenvalue weighted by molar-refractivity contribution is -0.274. The molecule has 4 aromatic rings. The molecule has 4 aromatic carbocycles. The van der Waals surface area contributed by atoms with Gasteiger partial charge in [-0.15, -0.1) is 13.2 Å². The van der Waals surface area contributed by atoms with Crippen LogP contribution in [0.5, 0.6) is 11.5 Å². The van der Waals surface area contributed by atoms with Gasteiger partial charge in [0.15, 0.2) is 0 Å². The molecule has 0 heterocycles. The molecular weight excluding hydrogens is 523 g/mol. The predicted octanol–water partition coefficient (Wildman–Crippen LogP) is 5.79. The van der Waals surface area contributed by atoms with Crippen molar-refractivity contribution in [1.82, 2.24) is 10.7 Å². The molecule has 0 spiro atoms. The number of nitrogens with zero attached hydrogens (tertiary/aromatic N) is 1. The molecule has 194 valence electrons. The van der Waals surface area contributed by atoms with Crippen LogP contribution in [0.1, 0.15) is 31.8 Å². The second-order valence-corrected chi connectivity index (χ2v) is 8.36. The Labute approximate surface area is 219 Å². The van der Waals surface area contributed by atoms with Crippen molar-refractivity contribution in [3.8, 4) is 11.5 Å². The topological polar surface area (TPSA) is 100 Å². The summed E-state index contributed by atoms with van der Waals surface area (Å²) in [5.41, 5.74) is 3.64. The molecule has 0 unspecified atom stereocenters. The number of amides is 2. The maximum absolute atomic E-state index is 13.0. The Hall–Kier alpha value is -4.57. The number of rotatable bonds is 7. The number of fused-ring (bicyclic) bond motifs is 1. The molecule has 0 aliphatic heterocycles. The highest BCUT2D eigenvalue weighted by Crippen LogP contribution is 2.27. The third kappa shape index (κ3) is 6.40. The number of carbonyl (C=O) groups excluding carboxylic acids is 2. The number of halogens is 4. The normalized spacial score (nSPS) is 11.5. The zero-order valence-corrected chi connectivity index (χ0v) is 20.2. The van der Waals surface area contributed by atoms with Crippen molar-refractivity contribution >= 4 is 40.4 Å². The van der Waals surface area contributed by atoms with Crippen LogP contribution in [0.25, 0.3) is 10.8 Å². The van der Waals surface area contributed by atoms with Crippen LogP contribution in [-0.2, 0) is 6.54 Å². The van der Waals surface area contributed by atoms with Gasteiger partial charge in [-0.2, -0.15) is 5.10 Å². The molecule has 4 rings (SSSR count). The van der Waals surface area contributed by atoms with Crippen molar-refractivity contribution in [2.45, 2.75) is 12.9 Å². The highest BCUT2D eigenvalue weighted by Gasteiger charge is 2.32. The number of para-hydroxylation sites is 1. The number of phenolic OH excluding ortho intramolecular Hbond substituents is 1. The molecule has 0 bridgehead atoms. The first-order valence-corrected chi connectivity index (χ1v) is 11.5. The minimum Gasteiger partial charge on any atom is -0.506 e. The van der Waals surface area contributed by atoms with E-state index in [2.05, 4.69) is 20.6 Å². The minimum atomic E-state index is -4.86. The third-order valence-electron chi connectivity index (χ3n) is 5.42. The summed E-state index contributed by atoms with van der Waals surface area (Å²) in [6.45, 7) is -0.185. The molecule has 0 radical (unpaired) electrons. The number of hydrogen-bond donors (Lipinski definition) is 3. The molecule has 0 saturated carbocycles. The fourth-order valence-corrected chi connectivity index (χ4v) is 3.83. The van der Waals surface area contributed by atoms with E-state index in [0.29, 0.717) is 21.9 Å². The van der Waals surface area contributed by atoms with Crippen LogP contribution in [0.15, 0.2) is 84.0 Å².